The number of aryl methyl sites for hydroxylation is 1. The maximum Gasteiger partial charge on any atom is 0.227 e. The highest BCUT2D eigenvalue weighted by Gasteiger charge is 2.13. The number of rotatable bonds is 5. The fourth-order valence-electron chi connectivity index (χ4n) is 8.68. The molecular formula is C54H34N4O. The van der Waals surface area contributed by atoms with E-state index < -0.39 is 0 Å². The summed E-state index contributed by atoms with van der Waals surface area (Å²) in [6, 6.07) is 64.8. The minimum atomic E-state index is 0.617. The Hall–Kier alpha value is -7.89. The molecule has 12 aromatic rings. The maximum atomic E-state index is 6.28. The first-order chi connectivity index (χ1) is 29.1. The highest BCUT2D eigenvalue weighted by atomic mass is 16.3. The topological polar surface area (TPSA) is 56.7 Å². The number of imidazole rings is 1. The Morgan fingerprint density at radius 2 is 0.932 bits per heavy atom. The molecule has 3 aromatic heterocycles. The number of fused-ring (bicyclic) bond motifs is 8. The van der Waals surface area contributed by atoms with E-state index in [9.17, 15) is 0 Å². The Morgan fingerprint density at radius 1 is 0.390 bits per heavy atom. The van der Waals surface area contributed by atoms with Crippen molar-refractivity contribution in [1.29, 1.82) is 0 Å². The SMILES string of the molecule is Cn1cnc2ccc(-c3cccc(-c4ccc5c(ccc6cc(-c7ccc8oc(-c9ccc(-c%10ccc%11c(ccc%12ccccc%12%11)c%10)cc9)nc8c7)ccc65)c4)n3)cc21. The van der Waals surface area contributed by atoms with Gasteiger partial charge in [0.1, 0.15) is 5.52 Å². The average Bonchev–Trinajstić information content (AvgIpc) is 3.91. The molecule has 0 amide bonds. The number of oxazole rings is 1. The van der Waals surface area contributed by atoms with Crippen molar-refractivity contribution in [2.45, 2.75) is 0 Å². The van der Waals surface area contributed by atoms with Gasteiger partial charge in [0.2, 0.25) is 5.89 Å². The number of hydrogen-bond acceptors (Lipinski definition) is 4. The number of aromatic nitrogens is 4. The third-order valence-corrected chi connectivity index (χ3v) is 11.8. The highest BCUT2D eigenvalue weighted by molar-refractivity contribution is 6.10. The molecule has 0 bridgehead atoms. The zero-order valence-corrected chi connectivity index (χ0v) is 32.1. The summed E-state index contributed by atoms with van der Waals surface area (Å²) >= 11 is 0. The highest BCUT2D eigenvalue weighted by Crippen LogP contribution is 2.36. The Labute approximate surface area is 339 Å². The fraction of sp³-hybridized carbons (Fsp3) is 0.0185. The predicted molar refractivity (Wildman–Crippen MR) is 243 cm³/mol. The van der Waals surface area contributed by atoms with Gasteiger partial charge in [0.15, 0.2) is 5.58 Å². The molecule has 5 nitrogen and oxygen atoms in total. The average molecular weight is 755 g/mol. The Kier molecular flexibility index (Phi) is 7.38. The van der Waals surface area contributed by atoms with Crippen LogP contribution in [0.3, 0.4) is 0 Å². The molecule has 59 heavy (non-hydrogen) atoms. The van der Waals surface area contributed by atoms with E-state index in [0.717, 1.165) is 66.9 Å². The van der Waals surface area contributed by atoms with Crippen LogP contribution in [0.2, 0.25) is 0 Å². The van der Waals surface area contributed by atoms with Crippen LogP contribution in [0.15, 0.2) is 193 Å². The summed E-state index contributed by atoms with van der Waals surface area (Å²) < 4.78 is 8.32. The molecule has 3 heterocycles. The number of benzene rings is 9. The Bertz CT molecular complexity index is 3630. The van der Waals surface area contributed by atoms with Crippen LogP contribution in [0.4, 0.5) is 0 Å². The third-order valence-electron chi connectivity index (χ3n) is 11.8. The molecule has 0 spiro atoms. The molecule has 0 saturated carbocycles. The number of nitrogens with zero attached hydrogens (tertiary/aromatic N) is 4. The summed E-state index contributed by atoms with van der Waals surface area (Å²) in [7, 11) is 2.02. The largest absolute Gasteiger partial charge is 0.436 e. The number of pyridine rings is 1. The van der Waals surface area contributed by atoms with E-state index in [1.54, 1.807) is 0 Å². The van der Waals surface area contributed by atoms with Crippen LogP contribution in [0.5, 0.6) is 0 Å². The van der Waals surface area contributed by atoms with Crippen LogP contribution in [-0.2, 0) is 7.05 Å². The zero-order valence-electron chi connectivity index (χ0n) is 32.1. The molecule has 9 aromatic carbocycles. The molecule has 0 saturated heterocycles. The first-order valence-electron chi connectivity index (χ1n) is 19.9. The number of hydrogen-bond donors (Lipinski definition) is 0. The minimum Gasteiger partial charge on any atom is -0.436 e. The van der Waals surface area contributed by atoms with Gasteiger partial charge in [-0.05, 0) is 132 Å². The molecule has 0 aliphatic rings. The molecule has 0 N–H and O–H groups in total. The zero-order chi connectivity index (χ0) is 39.0. The second kappa shape index (κ2) is 13.1. The van der Waals surface area contributed by atoms with Crippen molar-refractivity contribution in [1.82, 2.24) is 19.5 Å². The summed E-state index contributed by atoms with van der Waals surface area (Å²) in [5.41, 5.74) is 13.3. The summed E-state index contributed by atoms with van der Waals surface area (Å²) in [5, 5.41) is 9.85. The lowest BCUT2D eigenvalue weighted by Crippen LogP contribution is -1.90. The van der Waals surface area contributed by atoms with E-state index in [-0.39, 0.29) is 0 Å². The first-order valence-corrected chi connectivity index (χ1v) is 19.9. The van der Waals surface area contributed by atoms with Crippen molar-refractivity contribution < 1.29 is 4.42 Å². The van der Waals surface area contributed by atoms with Gasteiger partial charge >= 0.3 is 0 Å². The van der Waals surface area contributed by atoms with E-state index in [4.69, 9.17) is 14.4 Å². The van der Waals surface area contributed by atoms with Crippen LogP contribution < -0.4 is 0 Å². The lowest BCUT2D eigenvalue weighted by molar-refractivity contribution is 0.620. The quantitative estimate of drug-likeness (QED) is 0.164. The summed E-state index contributed by atoms with van der Waals surface area (Å²) in [6.07, 6.45) is 1.85. The molecule has 0 radical (unpaired) electrons. The van der Waals surface area contributed by atoms with Gasteiger partial charge in [0, 0.05) is 23.7 Å². The minimum absolute atomic E-state index is 0.617. The van der Waals surface area contributed by atoms with Crippen molar-refractivity contribution >= 4 is 65.2 Å². The lowest BCUT2D eigenvalue weighted by atomic mass is 9.96. The standard InChI is InChI=1S/C54H34N4O/c1-58-32-55-50-25-20-43(31-52(50)58)49-8-4-7-48(56-49)42-19-24-47-41(29-42)16-15-40-28-37(18-23-46(40)47)38-21-26-53-51(30-38)57-54(59-53)35-12-9-33(10-13-35)36-17-22-45-39(27-36)14-11-34-5-2-3-6-44(34)45/h2-32H,1H3. The van der Waals surface area contributed by atoms with Gasteiger partial charge in [0.25, 0.3) is 0 Å². The van der Waals surface area contributed by atoms with Gasteiger partial charge in [-0.2, -0.15) is 0 Å². The second-order valence-corrected chi connectivity index (χ2v) is 15.4. The van der Waals surface area contributed by atoms with Crippen molar-refractivity contribution in [2.24, 2.45) is 7.05 Å². The molecule has 5 heteroatoms. The van der Waals surface area contributed by atoms with Gasteiger partial charge in [-0.3, -0.25) is 0 Å². The molecule has 0 unspecified atom stereocenters. The van der Waals surface area contributed by atoms with Crippen molar-refractivity contribution in [3.8, 4) is 56.2 Å². The lowest BCUT2D eigenvalue weighted by Gasteiger charge is -2.10. The van der Waals surface area contributed by atoms with Gasteiger partial charge in [0.05, 0.1) is 28.7 Å². The van der Waals surface area contributed by atoms with Gasteiger partial charge in [-0.1, -0.05) is 115 Å². The van der Waals surface area contributed by atoms with E-state index in [1.165, 1.54) is 48.7 Å². The Morgan fingerprint density at radius 3 is 1.68 bits per heavy atom. The van der Waals surface area contributed by atoms with Crippen LogP contribution in [0.25, 0.3) is 121 Å². The van der Waals surface area contributed by atoms with Gasteiger partial charge in [-0.25, -0.2) is 15.0 Å². The second-order valence-electron chi connectivity index (χ2n) is 15.4. The normalized spacial score (nSPS) is 11.8. The summed E-state index contributed by atoms with van der Waals surface area (Å²) in [6.45, 7) is 0. The molecule has 0 aliphatic carbocycles. The van der Waals surface area contributed by atoms with Crippen LogP contribution in [0, 0.1) is 0 Å². The smallest absolute Gasteiger partial charge is 0.227 e. The third kappa shape index (κ3) is 5.66. The van der Waals surface area contributed by atoms with Gasteiger partial charge in [-0.15, -0.1) is 0 Å². The van der Waals surface area contributed by atoms with E-state index in [1.807, 2.05) is 24.0 Å². The van der Waals surface area contributed by atoms with E-state index in [2.05, 4.69) is 181 Å². The molecule has 12 rings (SSSR count). The predicted octanol–water partition coefficient (Wildman–Crippen LogP) is 14.1. The van der Waals surface area contributed by atoms with Crippen LogP contribution in [-0.4, -0.2) is 19.5 Å². The van der Waals surface area contributed by atoms with Crippen LogP contribution >= 0.6 is 0 Å². The van der Waals surface area contributed by atoms with Crippen molar-refractivity contribution in [2.75, 3.05) is 0 Å². The summed E-state index contributed by atoms with van der Waals surface area (Å²) in [5.74, 6) is 0.617. The Balaban J connectivity index is 0.809. The van der Waals surface area contributed by atoms with Crippen molar-refractivity contribution in [3.63, 3.8) is 0 Å². The fourth-order valence-corrected chi connectivity index (χ4v) is 8.68. The van der Waals surface area contributed by atoms with Crippen molar-refractivity contribution in [3.05, 3.63) is 188 Å². The molecular weight excluding hydrogens is 721 g/mol. The van der Waals surface area contributed by atoms with E-state index >= 15 is 0 Å². The van der Waals surface area contributed by atoms with Gasteiger partial charge < -0.3 is 8.98 Å². The molecule has 0 fully saturated rings. The molecule has 0 aliphatic heterocycles. The first kappa shape index (κ1) is 33.3. The molecule has 0 atom stereocenters. The molecule has 276 valence electrons. The van der Waals surface area contributed by atoms with E-state index in [0.29, 0.717) is 5.89 Å². The van der Waals surface area contributed by atoms with Crippen LogP contribution in [0.1, 0.15) is 0 Å². The summed E-state index contributed by atoms with van der Waals surface area (Å²) in [4.78, 5) is 14.5. The monoisotopic (exact) mass is 754 g/mol. The maximum absolute atomic E-state index is 6.28.